The van der Waals surface area contributed by atoms with Crippen LogP contribution in [0.5, 0.6) is 0 Å². The van der Waals surface area contributed by atoms with Crippen molar-refractivity contribution in [1.29, 1.82) is 0 Å². The van der Waals surface area contributed by atoms with E-state index < -0.39 is 0 Å². The fraction of sp³-hybridized carbons (Fsp3) is 0.692. The molecular formula is C13H21N3OS. The topological polar surface area (TPSA) is 68.0 Å². The second kappa shape index (κ2) is 4.97. The summed E-state index contributed by atoms with van der Waals surface area (Å²) in [5.41, 5.74) is 7.06. The highest BCUT2D eigenvalue weighted by Crippen LogP contribution is 2.40. The van der Waals surface area contributed by atoms with E-state index in [-0.39, 0.29) is 17.4 Å². The number of carbonyl (C=O) groups excluding carboxylic acids is 1. The van der Waals surface area contributed by atoms with Gasteiger partial charge in [0.25, 0.3) is 0 Å². The van der Waals surface area contributed by atoms with Gasteiger partial charge >= 0.3 is 0 Å². The van der Waals surface area contributed by atoms with Crippen molar-refractivity contribution in [3.63, 3.8) is 0 Å². The van der Waals surface area contributed by atoms with Gasteiger partial charge in [0.1, 0.15) is 0 Å². The monoisotopic (exact) mass is 267 g/mol. The van der Waals surface area contributed by atoms with Gasteiger partial charge in [0.2, 0.25) is 5.91 Å². The van der Waals surface area contributed by atoms with Crippen LogP contribution in [0.4, 0.5) is 5.13 Å². The molecule has 1 aliphatic carbocycles. The molecule has 1 amide bonds. The molecule has 1 saturated carbocycles. The van der Waals surface area contributed by atoms with Gasteiger partial charge in [-0.15, -0.1) is 11.3 Å². The lowest BCUT2D eigenvalue weighted by Gasteiger charge is -2.26. The number of amides is 1. The SMILES string of the molecule is CC(C)(C)C(N)CC(=O)Nc1nc(C2CC2)cs1. The summed E-state index contributed by atoms with van der Waals surface area (Å²) in [6, 6.07) is -0.139. The van der Waals surface area contributed by atoms with Crippen molar-refractivity contribution in [1.82, 2.24) is 4.98 Å². The molecule has 1 atom stereocenters. The van der Waals surface area contributed by atoms with E-state index in [9.17, 15) is 4.79 Å². The third-order valence-corrected chi connectivity index (χ3v) is 4.06. The van der Waals surface area contributed by atoms with Crippen molar-refractivity contribution in [2.75, 3.05) is 5.32 Å². The number of nitrogens with two attached hydrogens (primary N) is 1. The Labute approximate surface area is 112 Å². The lowest BCUT2D eigenvalue weighted by molar-refractivity contribution is -0.117. The number of hydrogen-bond donors (Lipinski definition) is 2. The number of rotatable bonds is 4. The molecule has 1 aromatic rings. The van der Waals surface area contributed by atoms with Crippen molar-refractivity contribution in [3.05, 3.63) is 11.1 Å². The maximum Gasteiger partial charge on any atom is 0.227 e. The standard InChI is InChI=1S/C13H21N3OS/c1-13(2,3)10(14)6-11(17)16-12-15-9(7-18-12)8-4-5-8/h7-8,10H,4-6,14H2,1-3H3,(H,15,16,17). The number of nitrogens with one attached hydrogen (secondary N) is 1. The zero-order valence-electron chi connectivity index (χ0n) is 11.2. The molecule has 1 heterocycles. The van der Waals surface area contributed by atoms with Crippen LogP contribution in [0.3, 0.4) is 0 Å². The van der Waals surface area contributed by atoms with Gasteiger partial charge in [-0.2, -0.15) is 0 Å². The van der Waals surface area contributed by atoms with E-state index in [1.54, 1.807) is 0 Å². The molecule has 3 N–H and O–H groups in total. The Hall–Kier alpha value is -0.940. The average Bonchev–Trinajstić information content (AvgIpc) is 2.99. The van der Waals surface area contributed by atoms with E-state index in [0.717, 1.165) is 5.69 Å². The molecule has 1 unspecified atom stereocenters. The molecule has 100 valence electrons. The first-order valence-electron chi connectivity index (χ1n) is 6.37. The normalized spacial score (nSPS) is 17.6. The summed E-state index contributed by atoms with van der Waals surface area (Å²) >= 11 is 1.50. The molecule has 1 aromatic heterocycles. The predicted molar refractivity (Wildman–Crippen MR) is 74.8 cm³/mol. The summed E-state index contributed by atoms with van der Waals surface area (Å²) in [6.45, 7) is 6.12. The first kappa shape index (κ1) is 13.5. The molecule has 18 heavy (non-hydrogen) atoms. The number of carbonyl (C=O) groups is 1. The van der Waals surface area contributed by atoms with Gasteiger partial charge in [-0.1, -0.05) is 20.8 Å². The van der Waals surface area contributed by atoms with Gasteiger partial charge in [-0.05, 0) is 18.3 Å². The molecule has 0 spiro atoms. The molecule has 4 nitrogen and oxygen atoms in total. The molecule has 0 bridgehead atoms. The van der Waals surface area contributed by atoms with E-state index in [4.69, 9.17) is 5.73 Å². The maximum absolute atomic E-state index is 11.8. The third-order valence-electron chi connectivity index (χ3n) is 3.28. The van der Waals surface area contributed by atoms with Crippen LogP contribution in [-0.2, 0) is 4.79 Å². The largest absolute Gasteiger partial charge is 0.327 e. The lowest BCUT2D eigenvalue weighted by atomic mass is 9.85. The minimum atomic E-state index is -0.139. The van der Waals surface area contributed by atoms with Gasteiger partial charge < -0.3 is 11.1 Å². The highest BCUT2D eigenvalue weighted by molar-refractivity contribution is 7.13. The quantitative estimate of drug-likeness (QED) is 0.881. The second-order valence-corrected chi connectivity index (χ2v) is 6.93. The van der Waals surface area contributed by atoms with E-state index in [1.165, 1.54) is 24.2 Å². The number of nitrogens with zero attached hydrogens (tertiary/aromatic N) is 1. The van der Waals surface area contributed by atoms with Gasteiger partial charge in [0.05, 0.1) is 5.69 Å². The number of anilines is 1. The molecular weight excluding hydrogens is 246 g/mol. The predicted octanol–water partition coefficient (Wildman–Crippen LogP) is 2.72. The van der Waals surface area contributed by atoms with Crippen LogP contribution in [-0.4, -0.2) is 16.9 Å². The second-order valence-electron chi connectivity index (χ2n) is 6.08. The molecule has 1 aliphatic rings. The molecule has 2 rings (SSSR count). The van der Waals surface area contributed by atoms with Crippen molar-refractivity contribution in [3.8, 4) is 0 Å². The smallest absolute Gasteiger partial charge is 0.227 e. The maximum atomic E-state index is 11.8. The summed E-state index contributed by atoms with van der Waals surface area (Å²) in [4.78, 5) is 16.3. The summed E-state index contributed by atoms with van der Waals surface area (Å²) in [5.74, 6) is 0.581. The van der Waals surface area contributed by atoms with Crippen LogP contribution in [0.1, 0.15) is 51.6 Å². The molecule has 0 aromatic carbocycles. The Morgan fingerprint density at radius 2 is 2.28 bits per heavy atom. The van der Waals surface area contributed by atoms with Crippen molar-refractivity contribution in [2.45, 2.75) is 52.0 Å². The van der Waals surface area contributed by atoms with Crippen molar-refractivity contribution in [2.24, 2.45) is 11.1 Å². The zero-order chi connectivity index (χ0) is 13.3. The van der Waals surface area contributed by atoms with Gasteiger partial charge in [-0.25, -0.2) is 4.98 Å². The van der Waals surface area contributed by atoms with Gasteiger partial charge in [0.15, 0.2) is 5.13 Å². The average molecular weight is 267 g/mol. The third kappa shape index (κ3) is 3.53. The van der Waals surface area contributed by atoms with Crippen molar-refractivity contribution < 1.29 is 4.79 Å². The van der Waals surface area contributed by atoms with E-state index in [1.807, 2.05) is 26.2 Å². The van der Waals surface area contributed by atoms with Gasteiger partial charge in [0, 0.05) is 23.8 Å². The lowest BCUT2D eigenvalue weighted by Crippen LogP contribution is -2.38. The first-order chi connectivity index (χ1) is 8.36. The fourth-order valence-electron chi connectivity index (χ4n) is 1.59. The number of hydrogen-bond acceptors (Lipinski definition) is 4. The Morgan fingerprint density at radius 1 is 1.61 bits per heavy atom. The minimum absolute atomic E-state index is 0.0471. The van der Waals surface area contributed by atoms with E-state index in [0.29, 0.717) is 17.5 Å². The highest BCUT2D eigenvalue weighted by Gasteiger charge is 2.27. The van der Waals surface area contributed by atoms with Crippen LogP contribution >= 0.6 is 11.3 Å². The summed E-state index contributed by atoms with van der Waals surface area (Å²) < 4.78 is 0. The molecule has 0 saturated heterocycles. The molecule has 0 radical (unpaired) electrons. The molecule has 1 fully saturated rings. The van der Waals surface area contributed by atoms with Crippen LogP contribution < -0.4 is 11.1 Å². The van der Waals surface area contributed by atoms with Crippen molar-refractivity contribution >= 4 is 22.4 Å². The Balaban J connectivity index is 1.86. The Morgan fingerprint density at radius 3 is 2.83 bits per heavy atom. The first-order valence-corrected chi connectivity index (χ1v) is 7.25. The van der Waals surface area contributed by atoms with Crippen LogP contribution in [0.25, 0.3) is 0 Å². The van der Waals surface area contributed by atoms with E-state index in [2.05, 4.69) is 10.3 Å². The Kier molecular flexibility index (Phi) is 3.73. The van der Waals surface area contributed by atoms with Crippen LogP contribution in [0, 0.1) is 5.41 Å². The highest BCUT2D eigenvalue weighted by atomic mass is 32.1. The van der Waals surface area contributed by atoms with Crippen LogP contribution in [0.15, 0.2) is 5.38 Å². The summed E-state index contributed by atoms with van der Waals surface area (Å²) in [6.07, 6.45) is 2.79. The Bertz CT molecular complexity index is 432. The summed E-state index contributed by atoms with van der Waals surface area (Å²) in [7, 11) is 0. The molecule has 5 heteroatoms. The fourth-order valence-corrected chi connectivity index (χ4v) is 2.39. The minimum Gasteiger partial charge on any atom is -0.327 e. The number of aromatic nitrogens is 1. The van der Waals surface area contributed by atoms with Crippen LogP contribution in [0.2, 0.25) is 0 Å². The zero-order valence-corrected chi connectivity index (χ0v) is 12.0. The number of thiazole rings is 1. The summed E-state index contributed by atoms with van der Waals surface area (Å²) in [5, 5.41) is 5.57. The van der Waals surface area contributed by atoms with E-state index >= 15 is 0 Å². The molecule has 0 aliphatic heterocycles. The van der Waals surface area contributed by atoms with Gasteiger partial charge in [-0.3, -0.25) is 4.79 Å².